The zero-order valence-electron chi connectivity index (χ0n) is 8.51. The first kappa shape index (κ1) is 13.9. The average Bonchev–Trinajstić information content (AvgIpc) is 2.61. The van der Waals surface area contributed by atoms with Gasteiger partial charge in [-0.25, -0.2) is 0 Å². The minimum Gasteiger partial charge on any atom is -0.311 e. The summed E-state index contributed by atoms with van der Waals surface area (Å²) in [6.45, 7) is 0. The number of halogens is 4. The third-order valence-corrected chi connectivity index (χ3v) is 4.26. The highest BCUT2D eigenvalue weighted by Crippen LogP contribution is 2.34. The molecule has 0 atom stereocenters. The molecule has 0 spiro atoms. The number of nitrogens with zero attached hydrogens (tertiary/aromatic N) is 1. The summed E-state index contributed by atoms with van der Waals surface area (Å²) >= 11 is 24.2. The summed E-state index contributed by atoms with van der Waals surface area (Å²) in [7, 11) is 0. The number of aromatic nitrogens is 1. The highest BCUT2D eigenvalue weighted by molar-refractivity contribution is 7.11. The Morgan fingerprint density at radius 1 is 1.22 bits per heavy atom. The van der Waals surface area contributed by atoms with Crippen molar-refractivity contribution in [3.8, 4) is 0 Å². The number of benzene rings is 1. The Balaban J connectivity index is 2.25. The Labute approximate surface area is 127 Å². The zero-order valence-corrected chi connectivity index (χ0v) is 12.3. The molecular formula is C10H4Cl4N2OS. The van der Waals surface area contributed by atoms with Crippen molar-refractivity contribution in [3.63, 3.8) is 0 Å². The lowest BCUT2D eigenvalue weighted by molar-refractivity contribution is 0.102. The van der Waals surface area contributed by atoms with Gasteiger partial charge in [0, 0.05) is 5.02 Å². The molecule has 8 heteroatoms. The SMILES string of the molecule is O=C(Nc1snc(Cl)c1Cl)c1ccc(Cl)cc1Cl. The first-order chi connectivity index (χ1) is 8.49. The fraction of sp³-hybridized carbons (Fsp3) is 0. The number of hydrogen-bond acceptors (Lipinski definition) is 3. The van der Waals surface area contributed by atoms with Gasteiger partial charge in [0.2, 0.25) is 0 Å². The third kappa shape index (κ3) is 2.90. The summed E-state index contributed by atoms with van der Waals surface area (Å²) in [6, 6.07) is 4.58. The summed E-state index contributed by atoms with van der Waals surface area (Å²) in [5, 5.41) is 4.02. The van der Waals surface area contributed by atoms with E-state index in [1.165, 1.54) is 12.1 Å². The van der Waals surface area contributed by atoms with E-state index in [0.717, 1.165) is 11.5 Å². The quantitative estimate of drug-likeness (QED) is 0.834. The molecule has 0 aliphatic rings. The van der Waals surface area contributed by atoms with Crippen LogP contribution in [0.1, 0.15) is 10.4 Å². The molecular weight excluding hydrogens is 338 g/mol. The molecule has 0 radical (unpaired) electrons. The maximum atomic E-state index is 11.9. The molecule has 2 aromatic rings. The molecule has 1 aromatic carbocycles. The zero-order chi connectivity index (χ0) is 13.3. The van der Waals surface area contributed by atoms with Crippen LogP contribution in [0, 0.1) is 0 Å². The molecule has 1 heterocycles. The van der Waals surface area contributed by atoms with Crippen LogP contribution in [0.3, 0.4) is 0 Å². The van der Waals surface area contributed by atoms with E-state index in [9.17, 15) is 4.79 Å². The van der Waals surface area contributed by atoms with Crippen molar-refractivity contribution in [2.75, 3.05) is 5.32 Å². The lowest BCUT2D eigenvalue weighted by Crippen LogP contribution is -2.11. The number of carbonyl (C=O) groups excluding carboxylic acids is 1. The van der Waals surface area contributed by atoms with Crippen LogP contribution >= 0.6 is 57.9 Å². The van der Waals surface area contributed by atoms with Crippen molar-refractivity contribution in [1.82, 2.24) is 4.37 Å². The van der Waals surface area contributed by atoms with Crippen LogP contribution in [0.5, 0.6) is 0 Å². The summed E-state index contributed by atoms with van der Waals surface area (Å²) in [4.78, 5) is 11.9. The highest BCUT2D eigenvalue weighted by atomic mass is 35.5. The number of nitrogens with one attached hydrogen (secondary N) is 1. The van der Waals surface area contributed by atoms with Gasteiger partial charge in [0.1, 0.15) is 10.0 Å². The fourth-order valence-electron chi connectivity index (χ4n) is 1.18. The van der Waals surface area contributed by atoms with Crippen LogP contribution in [0.2, 0.25) is 20.2 Å². The van der Waals surface area contributed by atoms with E-state index < -0.39 is 5.91 Å². The minimum atomic E-state index is -0.404. The Kier molecular flexibility index (Phi) is 4.35. The number of anilines is 1. The number of hydrogen-bond donors (Lipinski definition) is 1. The maximum absolute atomic E-state index is 11.9. The monoisotopic (exact) mass is 340 g/mol. The van der Waals surface area contributed by atoms with Gasteiger partial charge >= 0.3 is 0 Å². The summed E-state index contributed by atoms with van der Waals surface area (Å²) < 4.78 is 3.81. The molecule has 3 nitrogen and oxygen atoms in total. The molecule has 0 aliphatic heterocycles. The fourth-order valence-corrected chi connectivity index (χ4v) is 2.75. The van der Waals surface area contributed by atoms with Crippen LogP contribution in [-0.2, 0) is 0 Å². The van der Waals surface area contributed by atoms with Gasteiger partial charge in [0.05, 0.1) is 10.6 Å². The molecule has 0 saturated heterocycles. The largest absolute Gasteiger partial charge is 0.311 e. The molecule has 1 amide bonds. The van der Waals surface area contributed by atoms with Crippen molar-refractivity contribution in [2.24, 2.45) is 0 Å². The van der Waals surface area contributed by atoms with Crippen LogP contribution in [-0.4, -0.2) is 10.3 Å². The molecule has 18 heavy (non-hydrogen) atoms. The summed E-state index contributed by atoms with van der Waals surface area (Å²) in [6.07, 6.45) is 0. The topological polar surface area (TPSA) is 42.0 Å². The van der Waals surface area contributed by atoms with Gasteiger partial charge in [-0.2, -0.15) is 4.37 Å². The van der Waals surface area contributed by atoms with Crippen molar-refractivity contribution in [1.29, 1.82) is 0 Å². The van der Waals surface area contributed by atoms with E-state index >= 15 is 0 Å². The Hall–Kier alpha value is -0.520. The van der Waals surface area contributed by atoms with Crippen LogP contribution in [0.15, 0.2) is 18.2 Å². The predicted octanol–water partition coefficient (Wildman–Crippen LogP) is 5.01. The Bertz CT molecular complexity index is 614. The van der Waals surface area contributed by atoms with E-state index in [0.29, 0.717) is 15.6 Å². The van der Waals surface area contributed by atoms with Crippen molar-refractivity contribution in [3.05, 3.63) is 44.0 Å². The second-order valence-electron chi connectivity index (χ2n) is 3.19. The van der Waals surface area contributed by atoms with Gasteiger partial charge in [-0.1, -0.05) is 46.4 Å². The van der Waals surface area contributed by atoms with Gasteiger partial charge in [0.15, 0.2) is 5.15 Å². The molecule has 0 aliphatic carbocycles. The molecule has 1 aromatic heterocycles. The molecule has 94 valence electrons. The van der Waals surface area contributed by atoms with Crippen molar-refractivity contribution in [2.45, 2.75) is 0 Å². The van der Waals surface area contributed by atoms with Crippen molar-refractivity contribution < 1.29 is 4.79 Å². The number of rotatable bonds is 2. The predicted molar refractivity (Wildman–Crippen MR) is 76.5 cm³/mol. The summed E-state index contributed by atoms with van der Waals surface area (Å²) in [5.74, 6) is -0.404. The second-order valence-corrected chi connectivity index (χ2v) is 5.55. The van der Waals surface area contributed by atoms with E-state index in [1.807, 2.05) is 0 Å². The molecule has 0 saturated carbocycles. The lowest BCUT2D eigenvalue weighted by atomic mass is 10.2. The minimum absolute atomic E-state index is 0.152. The third-order valence-electron chi connectivity index (χ3n) is 2.00. The van der Waals surface area contributed by atoms with E-state index in [4.69, 9.17) is 46.4 Å². The van der Waals surface area contributed by atoms with Gasteiger partial charge in [-0.05, 0) is 29.7 Å². The highest BCUT2D eigenvalue weighted by Gasteiger charge is 2.16. The van der Waals surface area contributed by atoms with Crippen LogP contribution < -0.4 is 5.32 Å². The van der Waals surface area contributed by atoms with Crippen molar-refractivity contribution >= 4 is 68.8 Å². The van der Waals surface area contributed by atoms with Gasteiger partial charge in [-0.15, -0.1) is 0 Å². The van der Waals surface area contributed by atoms with E-state index in [1.54, 1.807) is 6.07 Å². The van der Waals surface area contributed by atoms with Crippen LogP contribution in [0.25, 0.3) is 0 Å². The Morgan fingerprint density at radius 3 is 2.50 bits per heavy atom. The first-order valence-electron chi connectivity index (χ1n) is 4.56. The molecule has 2 rings (SSSR count). The second kappa shape index (κ2) is 5.63. The van der Waals surface area contributed by atoms with Gasteiger partial charge in [-0.3, -0.25) is 4.79 Å². The lowest BCUT2D eigenvalue weighted by Gasteiger charge is -2.05. The Morgan fingerprint density at radius 2 is 1.94 bits per heavy atom. The molecule has 0 fully saturated rings. The van der Waals surface area contributed by atoms with Gasteiger partial charge < -0.3 is 5.32 Å². The number of carbonyl (C=O) groups is 1. The van der Waals surface area contributed by atoms with E-state index in [-0.39, 0.29) is 15.2 Å². The first-order valence-corrected chi connectivity index (χ1v) is 6.84. The average molecular weight is 342 g/mol. The van der Waals surface area contributed by atoms with Gasteiger partial charge in [0.25, 0.3) is 5.91 Å². The number of amides is 1. The normalized spacial score (nSPS) is 10.4. The summed E-state index contributed by atoms with van der Waals surface area (Å²) in [5.41, 5.74) is 0.293. The molecule has 0 unspecified atom stereocenters. The smallest absolute Gasteiger partial charge is 0.257 e. The van der Waals surface area contributed by atoms with E-state index in [2.05, 4.69) is 9.69 Å². The molecule has 1 N–H and O–H groups in total. The maximum Gasteiger partial charge on any atom is 0.257 e. The standard InChI is InChI=1S/C10H4Cl4N2OS/c11-4-1-2-5(6(12)3-4)9(17)15-10-7(13)8(14)16-18-10/h1-3H,(H,15,17). The van der Waals surface area contributed by atoms with Crippen LogP contribution in [0.4, 0.5) is 5.00 Å². The molecule has 0 bridgehead atoms.